The second-order valence-corrected chi connectivity index (χ2v) is 12.7. The summed E-state index contributed by atoms with van der Waals surface area (Å²) in [4.78, 5) is 49.0. The molecule has 0 bridgehead atoms. The lowest BCUT2D eigenvalue weighted by atomic mass is 9.92. The van der Waals surface area contributed by atoms with E-state index < -0.39 is 30.1 Å². The van der Waals surface area contributed by atoms with E-state index in [1.165, 1.54) is 12.1 Å². The summed E-state index contributed by atoms with van der Waals surface area (Å²) >= 11 is 0. The molecule has 0 saturated heterocycles. The molecule has 0 aromatic heterocycles. The van der Waals surface area contributed by atoms with Gasteiger partial charge in [-0.15, -0.1) is 0 Å². The maximum absolute atomic E-state index is 12.6. The molecule has 39 heavy (non-hydrogen) atoms. The van der Waals surface area contributed by atoms with Crippen LogP contribution in [0.2, 0.25) is 0 Å². The van der Waals surface area contributed by atoms with Crippen LogP contribution in [-0.4, -0.2) is 47.7 Å². The van der Waals surface area contributed by atoms with Crippen LogP contribution in [-0.2, 0) is 30.3 Å². The molecule has 0 radical (unpaired) electrons. The normalized spacial score (nSPS) is 14.2. The topological polar surface area (TPSA) is 128 Å². The molecule has 0 amide bonds. The van der Waals surface area contributed by atoms with Crippen LogP contribution in [0.1, 0.15) is 93.6 Å². The summed E-state index contributed by atoms with van der Waals surface area (Å²) in [5.74, 6) is -1.99. The van der Waals surface area contributed by atoms with Crippen molar-refractivity contribution in [2.75, 3.05) is 6.54 Å². The number of carbonyl (C=O) groups excluding carboxylic acids is 3. The van der Waals surface area contributed by atoms with E-state index in [0.29, 0.717) is 12.0 Å². The Balaban J connectivity index is 3.03. The van der Waals surface area contributed by atoms with Crippen LogP contribution in [0.15, 0.2) is 18.2 Å². The number of aliphatic carboxylic acids is 1. The van der Waals surface area contributed by atoms with Crippen LogP contribution in [0.4, 0.5) is 0 Å². The van der Waals surface area contributed by atoms with E-state index >= 15 is 0 Å². The number of nitrogens with one attached hydrogen (secondary N) is 1. The molecule has 1 aromatic carbocycles. The molecular weight excluding hydrogens is 502 g/mol. The van der Waals surface area contributed by atoms with Crippen molar-refractivity contribution >= 4 is 23.9 Å². The van der Waals surface area contributed by atoms with E-state index in [-0.39, 0.29) is 60.0 Å². The van der Waals surface area contributed by atoms with E-state index in [9.17, 15) is 24.3 Å². The standard InChI is InChI=1S/C30H47NO8/c1-10-19(2)13-25(32)37-20(3)18-31-22(28(35)36)14-21-11-12-23(38-26(33)16-29(4,5)6)24(15-21)39-27(34)17-30(7,8)9/h11-12,15,19-20,22,31H,10,13-14,16-18H2,1-9H3,(H,35,36)/t19?,20?,22-/m0/s1. The van der Waals surface area contributed by atoms with Crippen LogP contribution in [0, 0.1) is 16.7 Å². The van der Waals surface area contributed by atoms with Gasteiger partial charge in [0.15, 0.2) is 11.5 Å². The first-order valence-corrected chi connectivity index (χ1v) is 13.6. The van der Waals surface area contributed by atoms with Crippen molar-refractivity contribution in [3.8, 4) is 11.5 Å². The molecule has 2 N–H and O–H groups in total. The lowest BCUT2D eigenvalue weighted by molar-refractivity contribution is -0.149. The number of carboxylic acid groups (broad SMARTS) is 1. The number of carboxylic acids is 1. The van der Waals surface area contributed by atoms with Gasteiger partial charge in [-0.2, -0.15) is 0 Å². The Hall–Kier alpha value is -2.94. The average molecular weight is 550 g/mol. The molecule has 1 rings (SSSR count). The zero-order valence-corrected chi connectivity index (χ0v) is 25.0. The second kappa shape index (κ2) is 15.0. The van der Waals surface area contributed by atoms with E-state index in [0.717, 1.165) is 6.42 Å². The van der Waals surface area contributed by atoms with Gasteiger partial charge in [0.05, 0.1) is 12.8 Å². The SMILES string of the molecule is CCC(C)CC(=O)OC(C)CN[C@@H](Cc1ccc(OC(=O)CC(C)(C)C)c(OC(=O)CC(C)(C)C)c1)C(=O)O. The van der Waals surface area contributed by atoms with Crippen LogP contribution in [0.25, 0.3) is 0 Å². The van der Waals surface area contributed by atoms with Crippen molar-refractivity contribution in [3.05, 3.63) is 23.8 Å². The Bertz CT molecular complexity index is 990. The first-order chi connectivity index (χ1) is 17.9. The molecule has 0 spiro atoms. The Morgan fingerprint density at radius 1 is 0.872 bits per heavy atom. The van der Waals surface area contributed by atoms with E-state index in [4.69, 9.17) is 14.2 Å². The number of esters is 3. The minimum absolute atomic E-state index is 0.0560. The Labute approximate surface area is 233 Å². The monoisotopic (exact) mass is 549 g/mol. The molecule has 0 fully saturated rings. The summed E-state index contributed by atoms with van der Waals surface area (Å²) in [6.07, 6.45) is 1.02. The maximum Gasteiger partial charge on any atom is 0.321 e. The minimum atomic E-state index is -1.08. The van der Waals surface area contributed by atoms with Crippen molar-refractivity contribution in [3.63, 3.8) is 0 Å². The highest BCUT2D eigenvalue weighted by molar-refractivity contribution is 5.77. The lowest BCUT2D eigenvalue weighted by Gasteiger charge is -2.21. The summed E-state index contributed by atoms with van der Waals surface area (Å²) in [6, 6.07) is 3.67. The fourth-order valence-corrected chi connectivity index (χ4v) is 3.56. The summed E-state index contributed by atoms with van der Waals surface area (Å²) in [6.45, 7) is 17.3. The van der Waals surface area contributed by atoms with Gasteiger partial charge in [0.25, 0.3) is 0 Å². The maximum atomic E-state index is 12.6. The quantitative estimate of drug-likeness (QED) is 0.234. The summed E-state index contributed by atoms with van der Waals surface area (Å²) < 4.78 is 16.5. The van der Waals surface area contributed by atoms with Gasteiger partial charge in [-0.1, -0.05) is 67.9 Å². The highest BCUT2D eigenvalue weighted by atomic mass is 16.6. The number of hydrogen-bond acceptors (Lipinski definition) is 8. The zero-order valence-electron chi connectivity index (χ0n) is 25.0. The summed E-state index contributed by atoms with van der Waals surface area (Å²) in [7, 11) is 0. The highest BCUT2D eigenvalue weighted by Crippen LogP contribution is 2.32. The highest BCUT2D eigenvalue weighted by Gasteiger charge is 2.24. The van der Waals surface area contributed by atoms with Gasteiger partial charge in [-0.05, 0) is 47.8 Å². The second-order valence-electron chi connectivity index (χ2n) is 12.7. The van der Waals surface area contributed by atoms with Crippen LogP contribution >= 0.6 is 0 Å². The number of hydrogen-bond donors (Lipinski definition) is 2. The van der Waals surface area contributed by atoms with Gasteiger partial charge in [0, 0.05) is 13.0 Å². The van der Waals surface area contributed by atoms with Crippen LogP contribution in [0.3, 0.4) is 0 Å². The third kappa shape index (κ3) is 14.7. The van der Waals surface area contributed by atoms with Crippen molar-refractivity contribution in [1.82, 2.24) is 5.32 Å². The molecule has 0 aliphatic carbocycles. The molecule has 9 nitrogen and oxygen atoms in total. The first kappa shape index (κ1) is 34.1. The Kier molecular flexibility index (Phi) is 13.1. The number of carbonyl (C=O) groups is 4. The molecule has 1 aromatic rings. The Morgan fingerprint density at radius 2 is 1.41 bits per heavy atom. The molecule has 0 aliphatic rings. The molecule has 2 unspecified atom stereocenters. The first-order valence-electron chi connectivity index (χ1n) is 13.6. The van der Waals surface area contributed by atoms with Crippen molar-refractivity contribution in [1.29, 1.82) is 0 Å². The van der Waals surface area contributed by atoms with Crippen molar-refractivity contribution < 1.29 is 38.5 Å². The fraction of sp³-hybridized carbons (Fsp3) is 0.667. The third-order valence-corrected chi connectivity index (χ3v) is 5.74. The van der Waals surface area contributed by atoms with Crippen LogP contribution in [0.5, 0.6) is 11.5 Å². The molecule has 0 aliphatic heterocycles. The summed E-state index contributed by atoms with van der Waals surface area (Å²) in [5.41, 5.74) is -0.0455. The molecule has 9 heteroatoms. The smallest absolute Gasteiger partial charge is 0.321 e. The van der Waals surface area contributed by atoms with Crippen molar-refractivity contribution in [2.24, 2.45) is 16.7 Å². The minimum Gasteiger partial charge on any atom is -0.480 e. The molecule has 3 atom stereocenters. The van der Waals surface area contributed by atoms with Crippen LogP contribution < -0.4 is 14.8 Å². The van der Waals surface area contributed by atoms with Gasteiger partial charge in [-0.25, -0.2) is 0 Å². The predicted octanol–water partition coefficient (Wildman–Crippen LogP) is 5.32. The molecule has 0 saturated carbocycles. The van der Waals surface area contributed by atoms with Gasteiger partial charge >= 0.3 is 23.9 Å². The molecule has 220 valence electrons. The lowest BCUT2D eigenvalue weighted by Crippen LogP contribution is -2.42. The predicted molar refractivity (Wildman–Crippen MR) is 149 cm³/mol. The van der Waals surface area contributed by atoms with Gasteiger partial charge in [0.2, 0.25) is 0 Å². The zero-order chi connectivity index (χ0) is 30.0. The van der Waals surface area contributed by atoms with Gasteiger partial charge < -0.3 is 24.6 Å². The number of rotatable bonds is 14. The third-order valence-electron chi connectivity index (χ3n) is 5.74. The summed E-state index contributed by atoms with van der Waals surface area (Å²) in [5, 5.41) is 12.7. The Morgan fingerprint density at radius 3 is 1.90 bits per heavy atom. The van der Waals surface area contributed by atoms with E-state index in [2.05, 4.69) is 5.32 Å². The van der Waals surface area contributed by atoms with E-state index in [1.807, 2.05) is 55.4 Å². The van der Waals surface area contributed by atoms with Gasteiger partial charge in [-0.3, -0.25) is 19.2 Å². The fourth-order valence-electron chi connectivity index (χ4n) is 3.56. The van der Waals surface area contributed by atoms with E-state index in [1.54, 1.807) is 13.0 Å². The number of ether oxygens (including phenoxy) is 3. The largest absolute Gasteiger partial charge is 0.480 e. The van der Waals surface area contributed by atoms with Crippen molar-refractivity contribution in [2.45, 2.75) is 107 Å². The van der Waals surface area contributed by atoms with Gasteiger partial charge in [0.1, 0.15) is 12.1 Å². The molecular formula is C30H47NO8. The number of benzene rings is 1. The molecule has 0 heterocycles. The average Bonchev–Trinajstić information content (AvgIpc) is 2.75.